The van der Waals surface area contributed by atoms with E-state index < -0.39 is 21.8 Å². The summed E-state index contributed by atoms with van der Waals surface area (Å²) >= 11 is 5.66. The highest BCUT2D eigenvalue weighted by Gasteiger charge is 2.13. The molecule has 0 aliphatic carbocycles. The van der Waals surface area contributed by atoms with Crippen LogP contribution in [0.1, 0.15) is 0 Å². The minimum absolute atomic E-state index is 0.156. The number of nitrogens with zero attached hydrogens (tertiary/aromatic N) is 1. The zero-order chi connectivity index (χ0) is 10.8. The van der Waals surface area contributed by atoms with Gasteiger partial charge in [-0.1, -0.05) is 11.3 Å². The number of rotatable bonds is 3. The second-order valence-electron chi connectivity index (χ2n) is 2.19. The molecule has 0 aliphatic heterocycles. The second kappa shape index (κ2) is 4.13. The largest absolute Gasteiger partial charge is 0.300 e. The number of carbonyl (C=O) groups excluding carboxylic acids is 1. The molecule has 1 aromatic rings. The molecule has 1 rings (SSSR count). The maximum Gasteiger partial charge on any atom is 0.274 e. The quantitative estimate of drug-likeness (QED) is 0.519. The molecule has 78 valence electrons. The van der Waals surface area contributed by atoms with Crippen molar-refractivity contribution >= 4 is 44.7 Å². The van der Waals surface area contributed by atoms with Crippen molar-refractivity contribution in [2.24, 2.45) is 0 Å². The van der Waals surface area contributed by atoms with E-state index in [9.17, 15) is 13.2 Å². The van der Waals surface area contributed by atoms with E-state index in [4.69, 9.17) is 4.55 Å². The summed E-state index contributed by atoms with van der Waals surface area (Å²) in [6, 6.07) is 0. The van der Waals surface area contributed by atoms with Crippen molar-refractivity contribution in [3.63, 3.8) is 0 Å². The highest BCUT2D eigenvalue weighted by Crippen LogP contribution is 2.10. The number of aromatic amines is 1. The predicted octanol–water partition coefficient (Wildman–Crippen LogP) is 0.0270. The van der Waals surface area contributed by atoms with Gasteiger partial charge in [0, 0.05) is 0 Å². The lowest BCUT2D eigenvalue weighted by Gasteiger charge is -1.97. The third-order valence-corrected chi connectivity index (χ3v) is 2.63. The van der Waals surface area contributed by atoms with Crippen LogP contribution in [-0.4, -0.2) is 34.8 Å². The lowest BCUT2D eigenvalue weighted by Crippen LogP contribution is -2.22. The number of aromatic nitrogens is 2. The zero-order valence-corrected chi connectivity index (χ0v) is 9.00. The average molecular weight is 255 g/mol. The number of hydrogen-bond donors (Lipinski definition) is 3. The Bertz CT molecular complexity index is 486. The number of amides is 1. The Kier molecular flexibility index (Phi) is 3.31. The van der Waals surface area contributed by atoms with Gasteiger partial charge in [0.2, 0.25) is 11.0 Å². The van der Waals surface area contributed by atoms with Gasteiger partial charge in [0.25, 0.3) is 10.1 Å². The highest BCUT2D eigenvalue weighted by atomic mass is 32.2. The fraction of sp³-hybridized carbons (Fsp3) is 0.250. The first-order valence-electron chi connectivity index (χ1n) is 3.17. The van der Waals surface area contributed by atoms with Crippen molar-refractivity contribution in [1.82, 2.24) is 10.2 Å². The van der Waals surface area contributed by atoms with Crippen LogP contribution in [0, 0.1) is 3.95 Å². The molecule has 7 nitrogen and oxygen atoms in total. The molecule has 0 radical (unpaired) electrons. The van der Waals surface area contributed by atoms with Crippen molar-refractivity contribution in [2.75, 3.05) is 11.1 Å². The minimum Gasteiger partial charge on any atom is -0.300 e. The van der Waals surface area contributed by atoms with E-state index in [1.807, 2.05) is 0 Å². The molecule has 0 unspecified atom stereocenters. The molecule has 1 aromatic heterocycles. The van der Waals surface area contributed by atoms with Gasteiger partial charge >= 0.3 is 0 Å². The van der Waals surface area contributed by atoms with E-state index >= 15 is 0 Å². The third kappa shape index (κ3) is 3.91. The molecule has 0 aromatic carbocycles. The van der Waals surface area contributed by atoms with Crippen LogP contribution >= 0.6 is 23.6 Å². The topological polar surface area (TPSA) is 112 Å². The van der Waals surface area contributed by atoms with E-state index in [-0.39, 0.29) is 5.13 Å². The summed E-state index contributed by atoms with van der Waals surface area (Å²) in [5, 5.41) is 8.27. The molecular weight excluding hydrogens is 250 g/mol. The van der Waals surface area contributed by atoms with Gasteiger partial charge in [-0.3, -0.25) is 19.8 Å². The summed E-state index contributed by atoms with van der Waals surface area (Å²) in [6.45, 7) is 0. The Morgan fingerprint density at radius 2 is 2.36 bits per heavy atom. The van der Waals surface area contributed by atoms with E-state index in [0.717, 1.165) is 11.3 Å². The van der Waals surface area contributed by atoms with Crippen LogP contribution in [0.2, 0.25) is 0 Å². The predicted molar refractivity (Wildman–Crippen MR) is 52.3 cm³/mol. The van der Waals surface area contributed by atoms with Crippen molar-refractivity contribution in [1.29, 1.82) is 0 Å². The smallest absolute Gasteiger partial charge is 0.274 e. The Morgan fingerprint density at radius 3 is 2.79 bits per heavy atom. The van der Waals surface area contributed by atoms with Gasteiger partial charge in [-0.25, -0.2) is 0 Å². The fourth-order valence-corrected chi connectivity index (χ4v) is 1.81. The van der Waals surface area contributed by atoms with Gasteiger partial charge in [0.1, 0.15) is 0 Å². The molecular formula is C4H5N3O4S3. The summed E-state index contributed by atoms with van der Waals surface area (Å²) in [5.74, 6) is -1.87. The van der Waals surface area contributed by atoms with Crippen LogP contribution in [0.15, 0.2) is 0 Å². The fourth-order valence-electron chi connectivity index (χ4n) is 0.604. The van der Waals surface area contributed by atoms with Crippen LogP contribution < -0.4 is 5.32 Å². The maximum atomic E-state index is 10.9. The number of carbonyl (C=O) groups is 1. The van der Waals surface area contributed by atoms with Crippen LogP contribution in [0.4, 0.5) is 5.13 Å². The van der Waals surface area contributed by atoms with E-state index in [0.29, 0.717) is 3.95 Å². The summed E-state index contributed by atoms with van der Waals surface area (Å²) in [5.41, 5.74) is 0. The number of H-pyrrole nitrogens is 1. The minimum atomic E-state index is -4.31. The van der Waals surface area contributed by atoms with Gasteiger partial charge in [-0.05, 0) is 12.2 Å². The van der Waals surface area contributed by atoms with Gasteiger partial charge in [-0.2, -0.15) is 8.42 Å². The van der Waals surface area contributed by atoms with E-state index in [1.54, 1.807) is 0 Å². The number of anilines is 1. The van der Waals surface area contributed by atoms with Crippen LogP contribution in [0.3, 0.4) is 0 Å². The highest BCUT2D eigenvalue weighted by molar-refractivity contribution is 7.86. The Balaban J connectivity index is 2.63. The monoisotopic (exact) mass is 255 g/mol. The van der Waals surface area contributed by atoms with Crippen molar-refractivity contribution in [3.8, 4) is 0 Å². The van der Waals surface area contributed by atoms with Crippen LogP contribution in [0.5, 0.6) is 0 Å². The molecule has 3 N–H and O–H groups in total. The molecule has 0 atom stereocenters. The first-order valence-corrected chi connectivity index (χ1v) is 6.01. The van der Waals surface area contributed by atoms with Crippen LogP contribution in [-0.2, 0) is 14.9 Å². The van der Waals surface area contributed by atoms with Crippen LogP contribution in [0.25, 0.3) is 0 Å². The van der Waals surface area contributed by atoms with Gasteiger partial charge in [-0.15, -0.1) is 5.10 Å². The molecule has 0 spiro atoms. The molecule has 0 aliphatic rings. The van der Waals surface area contributed by atoms with Crippen molar-refractivity contribution in [3.05, 3.63) is 3.95 Å². The lowest BCUT2D eigenvalue weighted by atomic mass is 10.7. The zero-order valence-electron chi connectivity index (χ0n) is 6.55. The van der Waals surface area contributed by atoms with E-state index in [1.165, 1.54) is 0 Å². The average Bonchev–Trinajstić information content (AvgIpc) is 2.30. The molecule has 1 amide bonds. The molecule has 14 heavy (non-hydrogen) atoms. The normalized spacial score (nSPS) is 11.2. The van der Waals surface area contributed by atoms with Gasteiger partial charge in [0.15, 0.2) is 9.71 Å². The van der Waals surface area contributed by atoms with E-state index in [2.05, 4.69) is 27.7 Å². The molecule has 1 heterocycles. The third-order valence-electron chi connectivity index (χ3n) is 0.998. The lowest BCUT2D eigenvalue weighted by molar-refractivity contribution is -0.113. The SMILES string of the molecule is O=C(CS(=O)(=O)O)Nc1n[nH]c(=S)s1. The summed E-state index contributed by atoms with van der Waals surface area (Å²) < 4.78 is 29.3. The van der Waals surface area contributed by atoms with Gasteiger partial charge < -0.3 is 0 Å². The molecule has 0 fully saturated rings. The van der Waals surface area contributed by atoms with Crippen molar-refractivity contribution in [2.45, 2.75) is 0 Å². The number of nitrogens with one attached hydrogen (secondary N) is 2. The Labute approximate surface area is 87.9 Å². The first kappa shape index (κ1) is 11.2. The van der Waals surface area contributed by atoms with Gasteiger partial charge in [0.05, 0.1) is 0 Å². The maximum absolute atomic E-state index is 10.9. The summed E-state index contributed by atoms with van der Waals surface area (Å²) in [4.78, 5) is 10.9. The first-order chi connectivity index (χ1) is 6.37. The molecule has 10 heteroatoms. The number of hydrogen-bond acceptors (Lipinski definition) is 6. The summed E-state index contributed by atoms with van der Waals surface area (Å²) in [6.07, 6.45) is 0. The molecule has 0 saturated heterocycles. The second-order valence-corrected chi connectivity index (χ2v) is 5.31. The standard InChI is InChI=1S/C4H5N3O4S3/c8-2(1-14(9,10)11)5-3-6-7-4(12)13-3/h1H2,(H,7,12)(H,5,6,8)(H,9,10,11). The molecule has 0 bridgehead atoms. The molecule has 0 saturated carbocycles. The Morgan fingerprint density at radius 1 is 1.71 bits per heavy atom. The Hall–Kier alpha value is -0.840. The van der Waals surface area contributed by atoms with Crippen molar-refractivity contribution < 1.29 is 17.8 Å². The summed E-state index contributed by atoms with van der Waals surface area (Å²) in [7, 11) is -4.31.